The molecule has 0 aliphatic heterocycles. The molecule has 4 nitrogen and oxygen atoms in total. The summed E-state index contributed by atoms with van der Waals surface area (Å²) in [5.41, 5.74) is 0.538. The summed E-state index contributed by atoms with van der Waals surface area (Å²) in [6, 6.07) is 2.02. The third-order valence-corrected chi connectivity index (χ3v) is 3.10. The molecule has 0 amide bonds. The Morgan fingerprint density at radius 1 is 1.44 bits per heavy atom. The zero-order valence-corrected chi connectivity index (χ0v) is 10.5. The number of nitrogens with zero attached hydrogens (tertiary/aromatic N) is 2. The predicted molar refractivity (Wildman–Crippen MR) is 65.3 cm³/mol. The molecule has 92 valence electrons. The Bertz CT molecular complexity index is 305. The second-order valence-electron chi connectivity index (χ2n) is 4.34. The molecule has 0 atom stereocenters. The van der Waals surface area contributed by atoms with E-state index in [1.54, 1.807) is 0 Å². The van der Waals surface area contributed by atoms with Gasteiger partial charge < -0.3 is 10.4 Å². The van der Waals surface area contributed by atoms with Gasteiger partial charge in [-0.1, -0.05) is 13.8 Å². The monoisotopic (exact) mass is 225 g/mol. The molecule has 4 heteroatoms. The molecule has 1 heterocycles. The third-order valence-electron chi connectivity index (χ3n) is 3.10. The normalized spacial score (nSPS) is 12.0. The molecule has 0 spiro atoms. The largest absolute Gasteiger partial charge is 0.389 e. The fraction of sp³-hybridized carbons (Fsp3) is 0.750. The number of nitrogens with one attached hydrogen (secondary N) is 1. The average Bonchev–Trinajstić information content (AvgIpc) is 2.70. The van der Waals surface area contributed by atoms with Crippen molar-refractivity contribution >= 4 is 0 Å². The number of rotatable bonds is 7. The first kappa shape index (κ1) is 13.2. The van der Waals surface area contributed by atoms with Gasteiger partial charge in [-0.2, -0.15) is 5.10 Å². The number of aromatic nitrogens is 2. The zero-order valence-electron chi connectivity index (χ0n) is 10.5. The van der Waals surface area contributed by atoms with Gasteiger partial charge in [0.05, 0.1) is 11.3 Å². The second kappa shape index (κ2) is 6.01. The first-order valence-corrected chi connectivity index (χ1v) is 6.01. The molecule has 0 saturated heterocycles. The van der Waals surface area contributed by atoms with E-state index in [-0.39, 0.29) is 0 Å². The van der Waals surface area contributed by atoms with Crippen LogP contribution in [0.15, 0.2) is 12.3 Å². The van der Waals surface area contributed by atoms with Crippen molar-refractivity contribution in [3.8, 4) is 0 Å². The van der Waals surface area contributed by atoms with E-state index >= 15 is 0 Å². The van der Waals surface area contributed by atoms with Gasteiger partial charge in [-0.05, 0) is 18.9 Å². The minimum Gasteiger partial charge on any atom is -0.389 e. The minimum atomic E-state index is -0.551. The van der Waals surface area contributed by atoms with E-state index in [4.69, 9.17) is 0 Å². The van der Waals surface area contributed by atoms with E-state index in [0.29, 0.717) is 6.54 Å². The molecule has 1 rings (SSSR count). The zero-order chi connectivity index (χ0) is 12.0. The Balaban J connectivity index is 2.21. The molecule has 0 saturated carbocycles. The summed E-state index contributed by atoms with van der Waals surface area (Å²) >= 11 is 0. The van der Waals surface area contributed by atoms with Gasteiger partial charge in [0.15, 0.2) is 0 Å². The predicted octanol–water partition coefficient (Wildman–Crippen LogP) is 1.10. The molecule has 0 aliphatic rings. The highest BCUT2D eigenvalue weighted by molar-refractivity contribution is 4.99. The lowest BCUT2D eigenvalue weighted by Gasteiger charge is -2.25. The van der Waals surface area contributed by atoms with Crippen molar-refractivity contribution in [2.45, 2.75) is 38.7 Å². The molecule has 0 radical (unpaired) electrons. The van der Waals surface area contributed by atoms with Crippen LogP contribution in [-0.4, -0.2) is 33.6 Å². The lowest BCUT2D eigenvalue weighted by atomic mass is 9.98. The van der Waals surface area contributed by atoms with Crippen LogP contribution in [0.5, 0.6) is 0 Å². The highest BCUT2D eigenvalue weighted by atomic mass is 16.3. The van der Waals surface area contributed by atoms with Gasteiger partial charge in [-0.3, -0.25) is 4.68 Å². The van der Waals surface area contributed by atoms with Crippen molar-refractivity contribution < 1.29 is 5.11 Å². The van der Waals surface area contributed by atoms with Crippen LogP contribution in [0.4, 0.5) is 0 Å². The fourth-order valence-electron chi connectivity index (χ4n) is 1.63. The number of hydrogen-bond acceptors (Lipinski definition) is 3. The van der Waals surface area contributed by atoms with E-state index in [1.165, 1.54) is 0 Å². The number of aliphatic hydroxyl groups is 1. The highest BCUT2D eigenvalue weighted by Crippen LogP contribution is 2.12. The molecule has 0 aromatic carbocycles. The molecule has 0 aliphatic carbocycles. The molecular weight excluding hydrogens is 202 g/mol. The molecular formula is C12H23N3O. The molecule has 2 N–H and O–H groups in total. The van der Waals surface area contributed by atoms with Gasteiger partial charge >= 0.3 is 0 Å². The maximum atomic E-state index is 10.0. The van der Waals surface area contributed by atoms with Crippen LogP contribution in [-0.2, 0) is 13.5 Å². The summed E-state index contributed by atoms with van der Waals surface area (Å²) in [5, 5.41) is 17.6. The van der Waals surface area contributed by atoms with Crippen molar-refractivity contribution in [3.05, 3.63) is 18.0 Å². The van der Waals surface area contributed by atoms with Gasteiger partial charge in [0, 0.05) is 32.8 Å². The van der Waals surface area contributed by atoms with Gasteiger partial charge in [-0.15, -0.1) is 0 Å². The van der Waals surface area contributed by atoms with Gasteiger partial charge in [0.25, 0.3) is 0 Å². The summed E-state index contributed by atoms with van der Waals surface area (Å²) in [6.45, 7) is 5.56. The van der Waals surface area contributed by atoms with Crippen molar-refractivity contribution in [1.82, 2.24) is 15.1 Å². The van der Waals surface area contributed by atoms with Crippen LogP contribution in [0.3, 0.4) is 0 Å². The standard InChI is InChI=1S/C12H23N3O/c1-4-12(16,5-2)10-13-8-6-11-7-9-15(3)14-11/h7,9,13,16H,4-6,8,10H2,1-3H3. The molecule has 0 fully saturated rings. The Kier molecular flexibility index (Phi) is 4.96. The highest BCUT2D eigenvalue weighted by Gasteiger charge is 2.20. The maximum absolute atomic E-state index is 10.0. The Morgan fingerprint density at radius 2 is 2.12 bits per heavy atom. The first-order valence-electron chi connectivity index (χ1n) is 6.01. The van der Waals surface area contributed by atoms with Crippen molar-refractivity contribution in [1.29, 1.82) is 0 Å². The minimum absolute atomic E-state index is 0.551. The average molecular weight is 225 g/mol. The van der Waals surface area contributed by atoms with Crippen molar-refractivity contribution in [3.63, 3.8) is 0 Å². The quantitative estimate of drug-likeness (QED) is 0.683. The smallest absolute Gasteiger partial charge is 0.0766 e. The van der Waals surface area contributed by atoms with Crippen LogP contribution < -0.4 is 5.32 Å². The molecule has 16 heavy (non-hydrogen) atoms. The van der Waals surface area contributed by atoms with Gasteiger partial charge in [0.1, 0.15) is 0 Å². The number of aryl methyl sites for hydroxylation is 1. The fourth-order valence-corrected chi connectivity index (χ4v) is 1.63. The van der Waals surface area contributed by atoms with Crippen LogP contribution in [0.1, 0.15) is 32.4 Å². The summed E-state index contributed by atoms with van der Waals surface area (Å²) in [4.78, 5) is 0. The van der Waals surface area contributed by atoms with Crippen LogP contribution in [0.25, 0.3) is 0 Å². The van der Waals surface area contributed by atoms with Gasteiger partial charge in [0.2, 0.25) is 0 Å². The van der Waals surface area contributed by atoms with Gasteiger partial charge in [-0.25, -0.2) is 0 Å². The molecule has 0 bridgehead atoms. The summed E-state index contributed by atoms with van der Waals surface area (Å²) < 4.78 is 1.81. The third kappa shape index (κ3) is 3.94. The molecule has 0 unspecified atom stereocenters. The van der Waals surface area contributed by atoms with E-state index in [2.05, 4.69) is 10.4 Å². The van der Waals surface area contributed by atoms with E-state index < -0.39 is 5.60 Å². The lowest BCUT2D eigenvalue weighted by molar-refractivity contribution is 0.0328. The Morgan fingerprint density at radius 3 is 2.62 bits per heavy atom. The second-order valence-corrected chi connectivity index (χ2v) is 4.34. The molecule has 1 aromatic heterocycles. The van der Waals surface area contributed by atoms with E-state index in [1.807, 2.05) is 37.8 Å². The Hall–Kier alpha value is -0.870. The summed E-state index contributed by atoms with van der Waals surface area (Å²) in [7, 11) is 1.92. The topological polar surface area (TPSA) is 50.1 Å². The summed E-state index contributed by atoms with van der Waals surface area (Å²) in [6.07, 6.45) is 4.44. The SMILES string of the molecule is CCC(O)(CC)CNCCc1ccn(C)n1. The molecule has 1 aromatic rings. The van der Waals surface area contributed by atoms with E-state index in [0.717, 1.165) is 31.5 Å². The van der Waals surface area contributed by atoms with E-state index in [9.17, 15) is 5.11 Å². The number of hydrogen-bond donors (Lipinski definition) is 2. The van der Waals surface area contributed by atoms with Crippen LogP contribution >= 0.6 is 0 Å². The maximum Gasteiger partial charge on any atom is 0.0766 e. The first-order chi connectivity index (χ1) is 7.59. The van der Waals surface area contributed by atoms with Crippen LogP contribution in [0.2, 0.25) is 0 Å². The Labute approximate surface area is 97.7 Å². The van der Waals surface area contributed by atoms with Crippen LogP contribution in [0, 0.1) is 0 Å². The lowest BCUT2D eigenvalue weighted by Crippen LogP contribution is -2.40. The van der Waals surface area contributed by atoms with Crippen molar-refractivity contribution in [2.75, 3.05) is 13.1 Å². The summed E-state index contributed by atoms with van der Waals surface area (Å²) in [5.74, 6) is 0. The van der Waals surface area contributed by atoms with Crippen molar-refractivity contribution in [2.24, 2.45) is 7.05 Å².